The van der Waals surface area contributed by atoms with E-state index in [1.165, 1.54) is 6.07 Å². The number of hydrogen-bond donors (Lipinski definition) is 3. The standard InChI is InChI=1S/C31H35FN2O4/c1-20-16-21(2)18-25(17-20)33-24-8-9-26(22(3)30(36)37)27(19-24)29(35)34-31(12-14-38-15-13-31)11-10-23-6-4-5-7-28(23)32/h4-9,16-19,22,33H,10-15H2,1-3H3,(H,34,35)(H,36,37). The van der Waals surface area contributed by atoms with E-state index < -0.39 is 17.4 Å². The number of carboxylic acid groups (broad SMARTS) is 1. The second-order valence-electron chi connectivity index (χ2n) is 10.3. The van der Waals surface area contributed by atoms with E-state index in [-0.39, 0.29) is 11.7 Å². The molecular formula is C31H35FN2O4. The van der Waals surface area contributed by atoms with Crippen molar-refractivity contribution in [3.8, 4) is 0 Å². The molecule has 200 valence electrons. The van der Waals surface area contributed by atoms with Gasteiger partial charge in [0.1, 0.15) is 5.82 Å². The van der Waals surface area contributed by atoms with Crippen molar-refractivity contribution in [1.82, 2.24) is 5.32 Å². The topological polar surface area (TPSA) is 87.7 Å². The molecule has 3 aromatic carbocycles. The molecule has 1 atom stereocenters. The van der Waals surface area contributed by atoms with E-state index in [4.69, 9.17) is 4.74 Å². The van der Waals surface area contributed by atoms with Crippen molar-refractivity contribution in [2.75, 3.05) is 18.5 Å². The number of carboxylic acids is 1. The van der Waals surface area contributed by atoms with Gasteiger partial charge in [-0.1, -0.05) is 30.3 Å². The molecule has 0 saturated carbocycles. The Hall–Kier alpha value is -3.71. The Kier molecular flexibility index (Phi) is 8.47. The summed E-state index contributed by atoms with van der Waals surface area (Å²) < 4.78 is 19.9. The Balaban J connectivity index is 1.63. The smallest absolute Gasteiger partial charge is 0.310 e. The zero-order valence-electron chi connectivity index (χ0n) is 22.1. The molecule has 4 rings (SSSR count). The first-order valence-corrected chi connectivity index (χ1v) is 13.0. The van der Waals surface area contributed by atoms with Gasteiger partial charge in [-0.25, -0.2) is 4.39 Å². The van der Waals surface area contributed by atoms with Gasteiger partial charge in [0.25, 0.3) is 5.91 Å². The predicted molar refractivity (Wildman–Crippen MR) is 147 cm³/mol. The molecule has 1 aliphatic heterocycles. The monoisotopic (exact) mass is 518 g/mol. The van der Waals surface area contributed by atoms with Crippen molar-refractivity contribution in [1.29, 1.82) is 0 Å². The summed E-state index contributed by atoms with van der Waals surface area (Å²) in [5.74, 6) is -2.47. The molecule has 1 unspecified atom stereocenters. The van der Waals surface area contributed by atoms with Gasteiger partial charge in [0.2, 0.25) is 0 Å². The molecule has 38 heavy (non-hydrogen) atoms. The Morgan fingerprint density at radius 2 is 1.68 bits per heavy atom. The molecule has 7 heteroatoms. The van der Waals surface area contributed by atoms with Crippen molar-refractivity contribution >= 4 is 23.3 Å². The summed E-state index contributed by atoms with van der Waals surface area (Å²) in [7, 11) is 0. The number of carbonyl (C=O) groups is 2. The van der Waals surface area contributed by atoms with Gasteiger partial charge < -0.3 is 20.5 Å². The van der Waals surface area contributed by atoms with E-state index in [2.05, 4.69) is 16.7 Å². The summed E-state index contributed by atoms with van der Waals surface area (Å²) >= 11 is 0. The van der Waals surface area contributed by atoms with Crippen molar-refractivity contribution in [3.05, 3.63) is 94.3 Å². The van der Waals surface area contributed by atoms with Crippen LogP contribution < -0.4 is 10.6 Å². The zero-order chi connectivity index (χ0) is 27.3. The number of carbonyl (C=O) groups excluding carboxylic acids is 1. The maximum Gasteiger partial charge on any atom is 0.310 e. The van der Waals surface area contributed by atoms with Gasteiger partial charge in [-0.15, -0.1) is 0 Å². The highest BCUT2D eigenvalue weighted by Crippen LogP contribution is 2.31. The Morgan fingerprint density at radius 1 is 1.00 bits per heavy atom. The molecule has 1 amide bonds. The number of halogens is 1. The second kappa shape index (κ2) is 11.8. The number of nitrogens with one attached hydrogen (secondary N) is 2. The van der Waals surface area contributed by atoms with E-state index in [0.29, 0.717) is 61.3 Å². The molecule has 0 aliphatic carbocycles. The van der Waals surface area contributed by atoms with Crippen molar-refractivity contribution in [3.63, 3.8) is 0 Å². The Morgan fingerprint density at radius 3 is 2.34 bits per heavy atom. The van der Waals surface area contributed by atoms with Crippen LogP contribution in [-0.4, -0.2) is 35.7 Å². The van der Waals surface area contributed by atoms with E-state index >= 15 is 0 Å². The molecular weight excluding hydrogens is 483 g/mol. The lowest BCUT2D eigenvalue weighted by molar-refractivity contribution is -0.138. The summed E-state index contributed by atoms with van der Waals surface area (Å²) in [4.78, 5) is 25.7. The first kappa shape index (κ1) is 27.3. The van der Waals surface area contributed by atoms with Crippen molar-refractivity contribution in [2.24, 2.45) is 0 Å². The zero-order valence-corrected chi connectivity index (χ0v) is 22.1. The van der Waals surface area contributed by atoms with Crippen LogP contribution in [0.5, 0.6) is 0 Å². The van der Waals surface area contributed by atoms with Gasteiger partial charge >= 0.3 is 5.97 Å². The normalized spacial score (nSPS) is 15.5. The minimum absolute atomic E-state index is 0.260. The first-order valence-electron chi connectivity index (χ1n) is 13.0. The summed E-state index contributed by atoms with van der Waals surface area (Å²) in [6, 6.07) is 18.0. The number of aryl methyl sites for hydroxylation is 3. The van der Waals surface area contributed by atoms with Crippen LogP contribution in [0.25, 0.3) is 0 Å². The molecule has 6 nitrogen and oxygen atoms in total. The number of aliphatic carboxylic acids is 1. The SMILES string of the molecule is Cc1cc(C)cc(Nc2ccc(C(C)C(=O)O)c(C(=O)NC3(CCc4ccccc4F)CCOCC3)c2)c1. The number of hydrogen-bond acceptors (Lipinski definition) is 4. The summed E-state index contributed by atoms with van der Waals surface area (Å²) in [5, 5.41) is 16.3. The van der Waals surface area contributed by atoms with Crippen LogP contribution in [0.3, 0.4) is 0 Å². The fourth-order valence-electron chi connectivity index (χ4n) is 5.14. The minimum atomic E-state index is -1.01. The molecule has 1 fully saturated rings. The number of benzene rings is 3. The fraction of sp³-hybridized carbons (Fsp3) is 0.355. The number of ether oxygens (including phenoxy) is 1. The van der Waals surface area contributed by atoms with Gasteiger partial charge in [-0.05, 0) is 99.0 Å². The number of amides is 1. The van der Waals surface area contributed by atoms with Crippen molar-refractivity contribution < 1.29 is 23.8 Å². The van der Waals surface area contributed by atoms with E-state index in [1.807, 2.05) is 26.0 Å². The Bertz CT molecular complexity index is 1300. The molecule has 1 heterocycles. The fourth-order valence-corrected chi connectivity index (χ4v) is 5.14. The summed E-state index contributed by atoms with van der Waals surface area (Å²) in [6.07, 6.45) is 2.21. The minimum Gasteiger partial charge on any atom is -0.481 e. The molecule has 0 spiro atoms. The largest absolute Gasteiger partial charge is 0.481 e. The van der Waals surface area contributed by atoms with Crippen LogP contribution in [0.4, 0.5) is 15.8 Å². The lowest BCUT2D eigenvalue weighted by Crippen LogP contribution is -2.52. The van der Waals surface area contributed by atoms with Crippen LogP contribution in [0.15, 0.2) is 60.7 Å². The molecule has 3 aromatic rings. The maximum absolute atomic E-state index is 14.3. The van der Waals surface area contributed by atoms with Crippen LogP contribution in [-0.2, 0) is 16.0 Å². The number of rotatable bonds is 9. The highest BCUT2D eigenvalue weighted by Gasteiger charge is 2.35. The average Bonchev–Trinajstić information content (AvgIpc) is 2.87. The first-order chi connectivity index (χ1) is 18.2. The van der Waals surface area contributed by atoms with Crippen LogP contribution in [0.1, 0.15) is 64.7 Å². The van der Waals surface area contributed by atoms with E-state index in [1.54, 1.807) is 43.3 Å². The van der Waals surface area contributed by atoms with E-state index in [0.717, 1.165) is 16.8 Å². The lowest BCUT2D eigenvalue weighted by Gasteiger charge is -2.38. The van der Waals surface area contributed by atoms with Crippen LogP contribution in [0, 0.1) is 19.7 Å². The van der Waals surface area contributed by atoms with Gasteiger partial charge in [-0.3, -0.25) is 9.59 Å². The molecule has 0 aromatic heterocycles. The van der Waals surface area contributed by atoms with Crippen LogP contribution >= 0.6 is 0 Å². The summed E-state index contributed by atoms with van der Waals surface area (Å²) in [6.45, 7) is 6.59. The molecule has 3 N–H and O–H groups in total. The van der Waals surface area contributed by atoms with E-state index in [9.17, 15) is 19.1 Å². The third-order valence-corrected chi connectivity index (χ3v) is 7.30. The maximum atomic E-state index is 14.3. The van der Waals surface area contributed by atoms with Crippen molar-refractivity contribution in [2.45, 2.75) is 57.9 Å². The third-order valence-electron chi connectivity index (χ3n) is 7.30. The molecule has 0 bridgehead atoms. The number of anilines is 2. The highest BCUT2D eigenvalue weighted by atomic mass is 19.1. The highest BCUT2D eigenvalue weighted by molar-refractivity contribution is 5.99. The molecule has 1 saturated heterocycles. The van der Waals surface area contributed by atoms with Gasteiger partial charge in [0.15, 0.2) is 0 Å². The molecule has 1 aliphatic rings. The quantitative estimate of drug-likeness (QED) is 0.310. The summed E-state index contributed by atoms with van der Waals surface area (Å²) in [5.41, 5.74) is 4.57. The van der Waals surface area contributed by atoms with Gasteiger partial charge in [0, 0.05) is 35.7 Å². The van der Waals surface area contributed by atoms with Gasteiger partial charge in [0.05, 0.1) is 5.92 Å². The second-order valence-corrected chi connectivity index (χ2v) is 10.3. The van der Waals surface area contributed by atoms with Crippen LogP contribution in [0.2, 0.25) is 0 Å². The third kappa shape index (κ3) is 6.58. The van der Waals surface area contributed by atoms with Gasteiger partial charge in [-0.2, -0.15) is 0 Å². The molecule has 0 radical (unpaired) electrons. The Labute approximate surface area is 223 Å². The lowest BCUT2D eigenvalue weighted by atomic mass is 9.83. The predicted octanol–water partition coefficient (Wildman–Crippen LogP) is 6.29. The average molecular weight is 519 g/mol.